The largest absolute Gasteiger partial charge is 1.00 e. The first kappa shape index (κ1) is 43.4. The number of fused-ring (bicyclic) bond motifs is 4. The maximum atomic E-state index is 11.1. The monoisotopic (exact) mass is 704 g/mol. The van der Waals surface area contributed by atoms with Crippen LogP contribution < -0.4 is 139 Å². The quantitative estimate of drug-likeness (QED) is 0.109. The topological polar surface area (TPSA) is 189 Å². The number of para-hydroxylation sites is 1. The zero-order valence-electron chi connectivity index (χ0n) is 25.6. The van der Waals surface area contributed by atoms with Crippen molar-refractivity contribution in [3.05, 3.63) is 144 Å². The van der Waals surface area contributed by atoms with Gasteiger partial charge in [-0.25, -0.2) is 8.42 Å². The van der Waals surface area contributed by atoms with Gasteiger partial charge in [-0.05, 0) is 24.3 Å². The summed E-state index contributed by atoms with van der Waals surface area (Å²) in [5.74, 6) is -1.53. The summed E-state index contributed by atoms with van der Waals surface area (Å²) in [5.41, 5.74) is 1.14. The number of amides is 3. The zero-order valence-corrected chi connectivity index (χ0v) is 35.2. The molecule has 0 atom stereocenters. The molecule has 2 aliphatic heterocycles. The van der Waals surface area contributed by atoms with Gasteiger partial charge < -0.3 is 48.1 Å². The fourth-order valence-corrected chi connectivity index (χ4v) is 5.64. The van der Waals surface area contributed by atoms with E-state index in [2.05, 4.69) is 24.1 Å². The molecule has 0 unspecified atom stereocenters. The molecule has 4 aromatic carbocycles. The molecule has 2 aromatic heterocycles. The van der Waals surface area contributed by atoms with Gasteiger partial charge in [0.1, 0.15) is 21.2 Å². The van der Waals surface area contributed by atoms with E-state index < -0.39 is 27.7 Å². The molecule has 3 amide bonds. The van der Waals surface area contributed by atoms with Crippen LogP contribution in [-0.4, -0.2) is 26.1 Å². The summed E-state index contributed by atoms with van der Waals surface area (Å²) in [6, 6.07) is 27.0. The number of benzene rings is 4. The van der Waals surface area contributed by atoms with Gasteiger partial charge in [0.25, 0.3) is 0 Å². The minimum Gasteiger partial charge on any atom is -0.587 e. The zero-order chi connectivity index (χ0) is 30.6. The van der Waals surface area contributed by atoms with Gasteiger partial charge >= 0.3 is 118 Å². The van der Waals surface area contributed by atoms with Gasteiger partial charge in [0.15, 0.2) is 0 Å². The van der Waals surface area contributed by atoms with Crippen molar-refractivity contribution >= 4 is 60.3 Å². The average molecular weight is 705 g/mol. The first-order chi connectivity index (χ1) is 20.7. The van der Waals surface area contributed by atoms with Crippen molar-refractivity contribution in [2.45, 2.75) is 4.90 Å². The molecule has 0 saturated carbocycles. The van der Waals surface area contributed by atoms with Crippen LogP contribution in [-0.2, 0) is 10.0 Å². The number of hydrogen-bond acceptors (Lipinski definition) is 9. The van der Waals surface area contributed by atoms with Gasteiger partial charge in [-0.2, -0.15) is 0 Å². The molecule has 6 aromatic rings. The van der Waals surface area contributed by atoms with Gasteiger partial charge in [-0.15, -0.1) is 0 Å². The van der Waals surface area contributed by atoms with Crippen LogP contribution in [0.15, 0.2) is 116 Å². The maximum Gasteiger partial charge on any atom is 1.00 e. The van der Waals surface area contributed by atoms with Gasteiger partial charge in [-0.3, -0.25) is 11.5 Å². The molecule has 0 bridgehead atoms. The summed E-state index contributed by atoms with van der Waals surface area (Å²) in [7, 11) is -3.68. The second-order valence-electron chi connectivity index (χ2n) is 8.60. The molecule has 216 valence electrons. The van der Waals surface area contributed by atoms with Gasteiger partial charge in [-0.1, -0.05) is 72.8 Å². The Bertz CT molecular complexity index is 2130. The van der Waals surface area contributed by atoms with Crippen molar-refractivity contribution in [1.82, 2.24) is 9.53 Å². The predicted octanol–water partition coefficient (Wildman–Crippen LogP) is -7.76. The second-order valence-corrected chi connectivity index (χ2v) is 11.0. The minimum atomic E-state index is -3.68. The Morgan fingerprint density at radius 2 is 1.06 bits per heavy atom. The van der Waals surface area contributed by atoms with Gasteiger partial charge in [0.05, 0.1) is 28.2 Å². The van der Waals surface area contributed by atoms with Crippen LogP contribution >= 0.6 is 11.5 Å². The number of aromatic nitrogens is 2. The van der Waals surface area contributed by atoms with Crippen LogP contribution in [0.25, 0.3) is 31.1 Å². The van der Waals surface area contributed by atoms with Crippen LogP contribution in [0.3, 0.4) is 0 Å². The average Bonchev–Trinajstić information content (AvgIpc) is 3.74. The van der Waals surface area contributed by atoms with Crippen LogP contribution in [0.4, 0.5) is 0 Å². The number of hydrogen-bond donors (Lipinski definition) is 0. The van der Waals surface area contributed by atoms with E-state index in [1.165, 1.54) is 23.7 Å². The van der Waals surface area contributed by atoms with E-state index in [4.69, 9.17) is 0 Å². The molecule has 18 heteroatoms. The van der Waals surface area contributed by atoms with Crippen molar-refractivity contribution in [2.24, 2.45) is 0 Å². The summed E-state index contributed by atoms with van der Waals surface area (Å²) >= 11 is 1.25. The smallest absolute Gasteiger partial charge is 0.587 e. The number of carbonyl (C=O) groups is 3. The first-order valence-corrected chi connectivity index (χ1v) is 14.4. The number of carbonyl (C=O) groups excluding carboxylic acids is 3. The second kappa shape index (κ2) is 19.6. The Hall–Kier alpha value is -1.60. The first-order valence-electron chi connectivity index (χ1n) is 12.2. The summed E-state index contributed by atoms with van der Waals surface area (Å²) in [5, 5.41) is 7.82. The SMILES string of the molecule is O=C1[N-]C(=O)c2ccccc21.O=C1[N-]S(=O)(=O)c2ccccc21.O=c1[n-]oc2ccccc12.O=c1[n-]sc2ccccc12.[Na+].[Na+].[Na+].[Na+]. The third kappa shape index (κ3) is 10.4. The van der Waals surface area contributed by atoms with E-state index >= 15 is 0 Å². The van der Waals surface area contributed by atoms with E-state index in [9.17, 15) is 32.4 Å². The molecule has 2 aliphatic rings. The van der Waals surface area contributed by atoms with Crippen molar-refractivity contribution in [1.29, 1.82) is 0 Å². The van der Waals surface area contributed by atoms with Gasteiger partial charge in [0.2, 0.25) is 0 Å². The summed E-state index contributed by atoms with van der Waals surface area (Å²) < 4.78 is 34.5. The summed E-state index contributed by atoms with van der Waals surface area (Å²) in [6.45, 7) is 0. The molecular weight excluding hydrogens is 688 g/mol. The molecule has 0 N–H and O–H groups in total. The van der Waals surface area contributed by atoms with Crippen molar-refractivity contribution in [2.75, 3.05) is 0 Å². The third-order valence-electron chi connectivity index (χ3n) is 5.88. The molecule has 4 heterocycles. The molecule has 0 radical (unpaired) electrons. The Morgan fingerprint density at radius 3 is 1.64 bits per heavy atom. The van der Waals surface area contributed by atoms with Gasteiger partial charge in [0, 0.05) is 32.2 Å². The molecule has 0 aliphatic carbocycles. The number of imide groups is 1. The third-order valence-corrected chi connectivity index (χ3v) is 8.01. The van der Waals surface area contributed by atoms with Crippen LogP contribution in [0, 0.1) is 0 Å². The fourth-order valence-electron chi connectivity index (χ4n) is 3.87. The Morgan fingerprint density at radius 1 is 0.553 bits per heavy atom. The van der Waals surface area contributed by atoms with E-state index in [1.54, 1.807) is 66.7 Å². The standard InChI is InChI=1S/C8H5NO2.C7H5NO3S.C7H5NO2.C7H5NOS.4Na/c10-7-5-3-1-2-4-6(5)8(11)9-7;9-7-5-3-1-2-4-6(5)12(10,11)8-7;2*9-7-5-3-1-2-4-6(5)10-8-7;;;;/h1-4H,(H,9,10,11);1-4H,(H,8,9);2*1-4H,(H,8,9);;;;/q;;;;4*+1/p-4. The normalized spacial score (nSPS) is 12.6. The minimum absolute atomic E-state index is 0. The molecule has 12 nitrogen and oxygen atoms in total. The van der Waals surface area contributed by atoms with Crippen molar-refractivity contribution < 1.29 is 146 Å². The van der Waals surface area contributed by atoms with E-state index in [0.29, 0.717) is 22.1 Å². The molecule has 0 fully saturated rings. The Kier molecular flexibility index (Phi) is 18.1. The fraction of sp³-hybridized carbons (Fsp3) is 0. The van der Waals surface area contributed by atoms with E-state index in [1.807, 2.05) is 18.2 Å². The predicted molar refractivity (Wildman–Crippen MR) is 157 cm³/mol. The van der Waals surface area contributed by atoms with Crippen LogP contribution in [0.5, 0.6) is 0 Å². The maximum absolute atomic E-state index is 11.1. The number of rotatable bonds is 0. The molecule has 8 rings (SSSR count). The molecule has 0 spiro atoms. The van der Waals surface area contributed by atoms with Crippen molar-refractivity contribution in [3.8, 4) is 0 Å². The molecule has 47 heavy (non-hydrogen) atoms. The van der Waals surface area contributed by atoms with E-state index in [0.717, 1.165) is 10.1 Å². The van der Waals surface area contributed by atoms with Crippen LogP contribution in [0.2, 0.25) is 0 Å². The molecule has 0 saturated heterocycles. The van der Waals surface area contributed by atoms with E-state index in [-0.39, 0.29) is 140 Å². The Balaban J connectivity index is 0.000000305. The number of sulfonamides is 1. The van der Waals surface area contributed by atoms with Crippen LogP contribution in [0.1, 0.15) is 31.1 Å². The summed E-state index contributed by atoms with van der Waals surface area (Å²) in [4.78, 5) is 54.4. The number of nitrogens with zero attached hydrogens (tertiary/aromatic N) is 4. The molecular formula is C29H16N4Na4O8S2. The van der Waals surface area contributed by atoms with Crippen molar-refractivity contribution in [3.63, 3.8) is 0 Å². The Labute approximate surface area is 359 Å². The summed E-state index contributed by atoms with van der Waals surface area (Å²) in [6.07, 6.45) is 0.